The number of para-hydroxylation sites is 1. The number of carboxylic acids is 1. The lowest BCUT2D eigenvalue weighted by molar-refractivity contribution is -0.137. The molecule has 3 N–H and O–H groups in total. The molecule has 11 heteroatoms. The van der Waals surface area contributed by atoms with Crippen LogP contribution in [-0.4, -0.2) is 52.1 Å². The molecule has 0 spiro atoms. The number of aryl methyl sites for hydroxylation is 2. The molecule has 0 saturated carbocycles. The van der Waals surface area contributed by atoms with E-state index in [-0.39, 0.29) is 36.7 Å². The number of ether oxygens (including phenoxy) is 1. The second kappa shape index (κ2) is 9.99. The maximum absolute atomic E-state index is 15.6. The van der Waals surface area contributed by atoms with Gasteiger partial charge in [0.05, 0.1) is 18.5 Å². The van der Waals surface area contributed by atoms with E-state index in [0.29, 0.717) is 21.7 Å². The van der Waals surface area contributed by atoms with Gasteiger partial charge in [0.1, 0.15) is 22.3 Å². The van der Waals surface area contributed by atoms with Crippen LogP contribution in [-0.2, 0) is 18.4 Å². The van der Waals surface area contributed by atoms with E-state index < -0.39 is 28.5 Å². The average molecular weight is 541 g/mol. The topological polar surface area (TPSA) is 121 Å². The van der Waals surface area contributed by atoms with Crippen LogP contribution in [0.15, 0.2) is 59.5 Å². The first-order chi connectivity index (χ1) is 18.1. The van der Waals surface area contributed by atoms with Gasteiger partial charge < -0.3 is 9.84 Å². The van der Waals surface area contributed by atoms with Gasteiger partial charge in [0.2, 0.25) is 0 Å². The van der Waals surface area contributed by atoms with E-state index in [2.05, 4.69) is 10.3 Å². The van der Waals surface area contributed by atoms with Gasteiger partial charge in [0.25, 0.3) is 0 Å². The minimum atomic E-state index is -3.36. The van der Waals surface area contributed by atoms with E-state index in [1.165, 1.54) is 4.68 Å². The number of hydrogen-bond acceptors (Lipinski definition) is 7. The molecule has 0 amide bonds. The predicted molar refractivity (Wildman–Crippen MR) is 142 cm³/mol. The van der Waals surface area contributed by atoms with Gasteiger partial charge in [-0.3, -0.25) is 13.9 Å². The Hall–Kier alpha value is -3.51. The number of fused-ring (bicyclic) bond motifs is 2. The quantitative estimate of drug-likeness (QED) is 0.300. The van der Waals surface area contributed by atoms with Gasteiger partial charge in [-0.15, -0.1) is 15.9 Å². The largest absolute Gasteiger partial charge is 0.487 e. The molecule has 38 heavy (non-hydrogen) atoms. The third-order valence-electron chi connectivity index (χ3n) is 6.92. The Labute approximate surface area is 220 Å². The molecule has 0 aliphatic carbocycles. The Balaban J connectivity index is 1.54. The highest BCUT2D eigenvalue weighted by molar-refractivity contribution is 8.22. The van der Waals surface area contributed by atoms with Gasteiger partial charge in [-0.25, -0.2) is 9.07 Å². The Morgan fingerprint density at radius 1 is 1.21 bits per heavy atom. The highest BCUT2D eigenvalue weighted by Gasteiger charge is 2.34. The first-order valence-corrected chi connectivity index (χ1v) is 13.6. The predicted octanol–water partition coefficient (Wildman–Crippen LogP) is 5.33. The smallest absolute Gasteiger partial charge is 0.304 e. The summed E-state index contributed by atoms with van der Waals surface area (Å²) in [7, 11) is -1.70. The maximum atomic E-state index is 15.6. The van der Waals surface area contributed by atoms with Crippen molar-refractivity contribution in [2.75, 3.05) is 6.54 Å². The fourth-order valence-corrected chi connectivity index (χ4v) is 6.58. The lowest BCUT2D eigenvalue weighted by Crippen LogP contribution is -2.33. The molecule has 2 heterocycles. The normalized spacial score (nSPS) is 18.8. The van der Waals surface area contributed by atoms with Gasteiger partial charge >= 0.3 is 5.97 Å². The summed E-state index contributed by atoms with van der Waals surface area (Å²) in [6.07, 6.45) is -0.636. The molecule has 3 aromatic carbocycles. The minimum Gasteiger partial charge on any atom is -0.487 e. The van der Waals surface area contributed by atoms with Crippen molar-refractivity contribution in [3.8, 4) is 5.75 Å². The van der Waals surface area contributed by atoms with Crippen LogP contribution >= 0.6 is 10.8 Å². The summed E-state index contributed by atoms with van der Waals surface area (Å²) in [6.45, 7) is 4.20. The van der Waals surface area contributed by atoms with E-state index >= 15 is 4.39 Å². The summed E-state index contributed by atoms with van der Waals surface area (Å²) in [5.74, 6) is -2.02. The molecular weight excluding hydrogens is 511 g/mol. The molecule has 200 valence electrons. The molecular formula is C27H29FN4O5S. The SMILES string of the molecule is Cc1ccc(C(CC(=O)O)c2ccc3c(nnn3C)c2F)cc1CN1CC(C)Oc2ccccc2S1(O)O. The van der Waals surface area contributed by atoms with Crippen molar-refractivity contribution < 1.29 is 28.1 Å². The minimum absolute atomic E-state index is 0.0823. The van der Waals surface area contributed by atoms with E-state index in [0.717, 1.165) is 11.1 Å². The first kappa shape index (κ1) is 26.1. The molecule has 1 aliphatic heterocycles. The maximum Gasteiger partial charge on any atom is 0.304 e. The zero-order chi connectivity index (χ0) is 27.2. The average Bonchev–Trinajstić information content (AvgIpc) is 3.21. The standard InChI is InChI=1S/C27H29FN4O5S/c1-16-8-9-18(21(13-25(33)34)20-10-11-22-27(26(20)28)29-30-31(22)3)12-19(16)15-32-14-17(2)37-23-6-4-5-7-24(23)38(32,35)36/h4-12,17,21,35-36H,13-15H2,1-3H3,(H,33,34). The van der Waals surface area contributed by atoms with E-state index in [1.807, 2.05) is 26.0 Å². The summed E-state index contributed by atoms with van der Waals surface area (Å²) in [5, 5.41) is 17.5. The molecule has 0 radical (unpaired) electrons. The summed E-state index contributed by atoms with van der Waals surface area (Å²) in [4.78, 5) is 12.2. The number of rotatable bonds is 6. The fourth-order valence-electron chi connectivity index (χ4n) is 4.92. The second-order valence-corrected chi connectivity index (χ2v) is 11.6. The Morgan fingerprint density at radius 2 is 1.97 bits per heavy atom. The van der Waals surface area contributed by atoms with Gasteiger partial charge in [-0.2, -0.15) is 4.31 Å². The highest BCUT2D eigenvalue weighted by Crippen LogP contribution is 2.57. The van der Waals surface area contributed by atoms with Crippen LogP contribution < -0.4 is 4.74 Å². The Kier molecular flexibility index (Phi) is 6.86. The lowest BCUT2D eigenvalue weighted by atomic mass is 9.86. The molecule has 0 fully saturated rings. The Bertz CT molecular complexity index is 1520. The van der Waals surface area contributed by atoms with Crippen LogP contribution in [0, 0.1) is 12.7 Å². The number of carbonyl (C=O) groups is 1. The fraction of sp³-hybridized carbons (Fsp3) is 0.296. The molecule has 0 saturated heterocycles. The zero-order valence-corrected chi connectivity index (χ0v) is 22.0. The number of aromatic nitrogens is 3. The second-order valence-electron chi connectivity index (χ2n) is 9.60. The van der Waals surface area contributed by atoms with Gasteiger partial charge in [0.15, 0.2) is 5.82 Å². The molecule has 5 rings (SSSR count). The number of benzene rings is 3. The summed E-state index contributed by atoms with van der Waals surface area (Å²) in [6, 6.07) is 15.6. The van der Waals surface area contributed by atoms with Crippen molar-refractivity contribution in [2.45, 2.75) is 43.7 Å². The van der Waals surface area contributed by atoms with E-state index in [4.69, 9.17) is 4.74 Å². The molecule has 1 aliphatic rings. The molecule has 1 aromatic heterocycles. The third-order valence-corrected chi connectivity index (χ3v) is 8.85. The van der Waals surface area contributed by atoms with Crippen LogP contribution in [0.2, 0.25) is 0 Å². The zero-order valence-electron chi connectivity index (χ0n) is 21.2. The van der Waals surface area contributed by atoms with Crippen molar-refractivity contribution in [3.05, 3.63) is 82.7 Å². The van der Waals surface area contributed by atoms with Gasteiger partial charge in [-0.05, 0) is 54.3 Å². The van der Waals surface area contributed by atoms with E-state index in [1.54, 1.807) is 53.8 Å². The van der Waals surface area contributed by atoms with Crippen LogP contribution in [0.5, 0.6) is 5.75 Å². The number of nitrogens with zero attached hydrogens (tertiary/aromatic N) is 4. The van der Waals surface area contributed by atoms with E-state index in [9.17, 15) is 19.0 Å². The number of halogens is 1. The van der Waals surface area contributed by atoms with Crippen LogP contribution in [0.3, 0.4) is 0 Å². The molecule has 2 atom stereocenters. The summed E-state index contributed by atoms with van der Waals surface area (Å²) >= 11 is 0. The van der Waals surface area contributed by atoms with Crippen molar-refractivity contribution in [1.29, 1.82) is 0 Å². The van der Waals surface area contributed by atoms with Gasteiger partial charge in [-0.1, -0.05) is 41.6 Å². The molecule has 2 unspecified atom stereocenters. The van der Waals surface area contributed by atoms with Crippen molar-refractivity contribution in [2.24, 2.45) is 7.05 Å². The van der Waals surface area contributed by atoms with Crippen molar-refractivity contribution in [1.82, 2.24) is 19.3 Å². The van der Waals surface area contributed by atoms with Crippen molar-refractivity contribution >= 4 is 27.8 Å². The van der Waals surface area contributed by atoms with Gasteiger partial charge in [0, 0.05) is 19.5 Å². The molecule has 9 nitrogen and oxygen atoms in total. The van der Waals surface area contributed by atoms with Crippen molar-refractivity contribution in [3.63, 3.8) is 0 Å². The third kappa shape index (κ3) is 4.73. The molecule has 4 aromatic rings. The first-order valence-electron chi connectivity index (χ1n) is 12.1. The van der Waals surface area contributed by atoms with Crippen LogP contribution in [0.25, 0.3) is 11.0 Å². The number of carboxylic acid groups (broad SMARTS) is 1. The number of hydrogen-bond donors (Lipinski definition) is 3. The summed E-state index contributed by atoms with van der Waals surface area (Å²) in [5.41, 5.74) is 3.06. The Morgan fingerprint density at radius 3 is 2.74 bits per heavy atom. The lowest BCUT2D eigenvalue weighted by Gasteiger charge is -2.42. The summed E-state index contributed by atoms with van der Waals surface area (Å²) < 4.78 is 47.1. The molecule has 0 bridgehead atoms. The number of aliphatic carboxylic acids is 1. The van der Waals surface area contributed by atoms with Crippen LogP contribution in [0.4, 0.5) is 4.39 Å². The monoisotopic (exact) mass is 540 g/mol. The highest BCUT2D eigenvalue weighted by atomic mass is 32.3. The van der Waals surface area contributed by atoms with Crippen LogP contribution in [0.1, 0.15) is 41.5 Å².